The summed E-state index contributed by atoms with van der Waals surface area (Å²) in [5.41, 5.74) is 0.101. The Hall–Kier alpha value is -2.83. The van der Waals surface area contributed by atoms with Crippen LogP contribution in [0.2, 0.25) is 0 Å². The molecular formula is C19H26N2O5. The second-order valence-corrected chi connectivity index (χ2v) is 6.81. The Morgan fingerprint density at radius 3 is 2.27 bits per heavy atom. The van der Waals surface area contributed by atoms with Crippen LogP contribution >= 0.6 is 0 Å². The fourth-order valence-electron chi connectivity index (χ4n) is 2.17. The monoisotopic (exact) mass is 362 g/mol. The van der Waals surface area contributed by atoms with Crippen molar-refractivity contribution in [1.29, 1.82) is 0 Å². The first-order valence-corrected chi connectivity index (χ1v) is 8.30. The molecular weight excluding hydrogens is 336 g/mol. The quantitative estimate of drug-likeness (QED) is 0.615. The van der Waals surface area contributed by atoms with Crippen molar-refractivity contribution in [3.8, 4) is 0 Å². The number of benzene rings is 1. The third-order valence-corrected chi connectivity index (χ3v) is 3.31. The molecule has 7 nitrogen and oxygen atoms in total. The van der Waals surface area contributed by atoms with Crippen LogP contribution in [0.4, 0.5) is 4.79 Å². The van der Waals surface area contributed by atoms with Gasteiger partial charge in [0.2, 0.25) is 5.91 Å². The summed E-state index contributed by atoms with van der Waals surface area (Å²) < 4.78 is 5.19. The molecule has 0 bridgehead atoms. The molecule has 0 heterocycles. The average Bonchev–Trinajstić information content (AvgIpc) is 2.52. The van der Waals surface area contributed by atoms with Crippen LogP contribution in [-0.4, -0.2) is 40.8 Å². The van der Waals surface area contributed by atoms with Crippen LogP contribution in [0.1, 0.15) is 32.8 Å². The summed E-state index contributed by atoms with van der Waals surface area (Å²) in [6.07, 6.45) is 0.939. The van der Waals surface area contributed by atoms with Crippen molar-refractivity contribution >= 4 is 18.0 Å². The molecule has 0 fully saturated rings. The van der Waals surface area contributed by atoms with E-state index in [0.717, 1.165) is 5.56 Å². The molecule has 3 N–H and O–H groups in total. The maximum absolute atomic E-state index is 12.6. The standard InChI is InChI=1S/C19H26N2O5/c1-5-9-14(17(23)24)20-16(22)15(12-13-10-7-6-8-11-13)21-18(25)26-19(2,3)4/h5-8,10-11,14-15H,1,9,12H2,2-4H3,(H,20,22)(H,21,25)(H,23,24). The molecule has 1 aromatic rings. The Labute approximate surface area is 153 Å². The first kappa shape index (κ1) is 21.2. The Kier molecular flexibility index (Phi) is 7.83. The molecule has 26 heavy (non-hydrogen) atoms. The summed E-state index contributed by atoms with van der Waals surface area (Å²) in [5.74, 6) is -1.78. The summed E-state index contributed by atoms with van der Waals surface area (Å²) in [6.45, 7) is 8.62. The number of carboxylic acid groups (broad SMARTS) is 1. The summed E-state index contributed by atoms with van der Waals surface area (Å²) in [4.78, 5) is 35.9. The Balaban J connectivity index is 2.91. The van der Waals surface area contributed by atoms with Crippen molar-refractivity contribution in [2.24, 2.45) is 0 Å². The minimum Gasteiger partial charge on any atom is -0.480 e. The predicted octanol–water partition coefficient (Wildman–Crippen LogP) is 2.27. The molecule has 2 unspecified atom stereocenters. The molecule has 0 radical (unpaired) electrons. The van der Waals surface area contributed by atoms with Crippen LogP contribution in [0.15, 0.2) is 43.0 Å². The summed E-state index contributed by atoms with van der Waals surface area (Å²) in [7, 11) is 0. The Bertz CT molecular complexity index is 637. The molecule has 0 aliphatic heterocycles. The lowest BCUT2D eigenvalue weighted by Gasteiger charge is -2.24. The van der Waals surface area contributed by atoms with Crippen LogP contribution in [0.3, 0.4) is 0 Å². The number of hydrogen-bond donors (Lipinski definition) is 3. The molecule has 0 spiro atoms. The van der Waals surface area contributed by atoms with E-state index in [1.165, 1.54) is 6.08 Å². The van der Waals surface area contributed by atoms with Crippen molar-refractivity contribution in [3.63, 3.8) is 0 Å². The minimum absolute atomic E-state index is 0.0750. The number of amides is 2. The van der Waals surface area contributed by atoms with Gasteiger partial charge in [-0.25, -0.2) is 9.59 Å². The zero-order valence-corrected chi connectivity index (χ0v) is 15.3. The zero-order valence-electron chi connectivity index (χ0n) is 15.3. The lowest BCUT2D eigenvalue weighted by Crippen LogP contribution is -2.53. The van der Waals surface area contributed by atoms with Gasteiger partial charge in [-0.05, 0) is 32.8 Å². The number of alkyl carbamates (subject to hydrolysis) is 1. The van der Waals surface area contributed by atoms with E-state index in [2.05, 4.69) is 17.2 Å². The van der Waals surface area contributed by atoms with Gasteiger partial charge in [0, 0.05) is 6.42 Å². The number of aliphatic carboxylic acids is 1. The van der Waals surface area contributed by atoms with Crippen LogP contribution in [0.5, 0.6) is 0 Å². The van der Waals surface area contributed by atoms with E-state index in [1.54, 1.807) is 20.8 Å². The number of carboxylic acids is 1. The lowest BCUT2D eigenvalue weighted by atomic mass is 10.0. The number of rotatable bonds is 8. The zero-order chi connectivity index (χ0) is 19.7. The van der Waals surface area contributed by atoms with Gasteiger partial charge in [-0.3, -0.25) is 4.79 Å². The third kappa shape index (κ3) is 7.83. The molecule has 0 aliphatic rings. The van der Waals surface area contributed by atoms with Gasteiger partial charge < -0.3 is 20.5 Å². The largest absolute Gasteiger partial charge is 0.480 e. The van der Waals surface area contributed by atoms with Gasteiger partial charge in [-0.1, -0.05) is 36.4 Å². The third-order valence-electron chi connectivity index (χ3n) is 3.31. The van der Waals surface area contributed by atoms with E-state index in [0.29, 0.717) is 0 Å². The highest BCUT2D eigenvalue weighted by atomic mass is 16.6. The van der Waals surface area contributed by atoms with Crippen molar-refractivity contribution in [1.82, 2.24) is 10.6 Å². The van der Waals surface area contributed by atoms with E-state index < -0.39 is 35.7 Å². The second-order valence-electron chi connectivity index (χ2n) is 6.81. The van der Waals surface area contributed by atoms with Crippen molar-refractivity contribution in [2.45, 2.75) is 51.3 Å². The summed E-state index contributed by atoms with van der Waals surface area (Å²) >= 11 is 0. The van der Waals surface area contributed by atoms with Crippen LogP contribution < -0.4 is 10.6 Å². The molecule has 7 heteroatoms. The van der Waals surface area contributed by atoms with E-state index in [4.69, 9.17) is 4.74 Å². The molecule has 2 amide bonds. The smallest absolute Gasteiger partial charge is 0.408 e. The van der Waals surface area contributed by atoms with Gasteiger partial charge in [-0.15, -0.1) is 6.58 Å². The molecule has 142 valence electrons. The molecule has 2 atom stereocenters. The molecule has 0 saturated carbocycles. The van der Waals surface area contributed by atoms with Gasteiger partial charge in [-0.2, -0.15) is 0 Å². The lowest BCUT2D eigenvalue weighted by molar-refractivity contribution is -0.142. The fourth-order valence-corrected chi connectivity index (χ4v) is 2.17. The Morgan fingerprint density at radius 1 is 1.15 bits per heavy atom. The number of nitrogens with one attached hydrogen (secondary N) is 2. The van der Waals surface area contributed by atoms with Gasteiger partial charge in [0.1, 0.15) is 17.7 Å². The van der Waals surface area contributed by atoms with Crippen LogP contribution in [-0.2, 0) is 20.7 Å². The molecule has 1 rings (SSSR count). The molecule has 0 aromatic heterocycles. The van der Waals surface area contributed by atoms with Gasteiger partial charge in [0.15, 0.2) is 0 Å². The van der Waals surface area contributed by atoms with Crippen LogP contribution in [0, 0.1) is 0 Å². The summed E-state index contributed by atoms with van der Waals surface area (Å²) in [6, 6.07) is 7.01. The molecule has 0 saturated heterocycles. The number of ether oxygens (including phenoxy) is 1. The molecule has 0 aliphatic carbocycles. The highest BCUT2D eigenvalue weighted by molar-refractivity contribution is 5.89. The fraction of sp³-hybridized carbons (Fsp3) is 0.421. The van der Waals surface area contributed by atoms with E-state index in [1.807, 2.05) is 30.3 Å². The topological polar surface area (TPSA) is 105 Å². The second kappa shape index (κ2) is 9.60. The van der Waals surface area contributed by atoms with Crippen molar-refractivity contribution < 1.29 is 24.2 Å². The van der Waals surface area contributed by atoms with Crippen molar-refractivity contribution in [2.75, 3.05) is 0 Å². The number of carbonyl (C=O) groups excluding carboxylic acids is 2. The van der Waals surface area contributed by atoms with E-state index in [9.17, 15) is 19.5 Å². The first-order valence-electron chi connectivity index (χ1n) is 8.30. The normalized spacial score (nSPS) is 13.2. The maximum Gasteiger partial charge on any atom is 0.408 e. The SMILES string of the molecule is C=CCC(NC(=O)C(Cc1ccccc1)NC(=O)OC(C)(C)C)C(=O)O. The highest BCUT2D eigenvalue weighted by Gasteiger charge is 2.27. The summed E-state index contributed by atoms with van der Waals surface area (Å²) in [5, 5.41) is 14.1. The predicted molar refractivity (Wildman–Crippen MR) is 97.7 cm³/mol. The molecule has 1 aromatic carbocycles. The van der Waals surface area contributed by atoms with Gasteiger partial charge >= 0.3 is 12.1 Å². The van der Waals surface area contributed by atoms with Gasteiger partial charge in [0.25, 0.3) is 0 Å². The van der Waals surface area contributed by atoms with Crippen molar-refractivity contribution in [3.05, 3.63) is 48.6 Å². The maximum atomic E-state index is 12.6. The van der Waals surface area contributed by atoms with E-state index >= 15 is 0 Å². The van der Waals surface area contributed by atoms with Crippen LogP contribution in [0.25, 0.3) is 0 Å². The highest BCUT2D eigenvalue weighted by Crippen LogP contribution is 2.09. The Morgan fingerprint density at radius 2 is 1.77 bits per heavy atom. The van der Waals surface area contributed by atoms with Gasteiger partial charge in [0.05, 0.1) is 0 Å². The number of carbonyl (C=O) groups is 3. The van der Waals surface area contributed by atoms with E-state index in [-0.39, 0.29) is 12.8 Å². The first-order chi connectivity index (χ1) is 12.1. The minimum atomic E-state index is -1.17. The number of hydrogen-bond acceptors (Lipinski definition) is 4. The average molecular weight is 362 g/mol.